The number of nitrogens with two attached hydrogens (primary N) is 1. The van der Waals surface area contributed by atoms with Gasteiger partial charge in [-0.25, -0.2) is 0 Å². The first kappa shape index (κ1) is 29.4. The van der Waals surface area contributed by atoms with Crippen LogP contribution in [0, 0.1) is 11.8 Å². The average Bonchev–Trinajstić information content (AvgIpc) is 2.81. The fraction of sp³-hybridized carbons (Fsp3) is 0.731. The van der Waals surface area contributed by atoms with E-state index in [0.29, 0.717) is 56.0 Å². The van der Waals surface area contributed by atoms with Gasteiger partial charge in [0.1, 0.15) is 5.75 Å². The Balaban J connectivity index is 2.60. The van der Waals surface area contributed by atoms with Crippen molar-refractivity contribution in [1.29, 1.82) is 0 Å². The van der Waals surface area contributed by atoms with E-state index in [9.17, 15) is 9.90 Å². The van der Waals surface area contributed by atoms with Gasteiger partial charge in [0.15, 0.2) is 0 Å². The molecule has 0 saturated heterocycles. The molecular formula is C26H47N3O4. The van der Waals surface area contributed by atoms with Crippen LogP contribution in [0.4, 0.5) is 0 Å². The van der Waals surface area contributed by atoms with Gasteiger partial charge in [-0.15, -0.1) is 0 Å². The van der Waals surface area contributed by atoms with Crippen LogP contribution in [0.25, 0.3) is 0 Å². The predicted octanol–water partition coefficient (Wildman–Crippen LogP) is 3.35. The molecule has 0 aromatic heterocycles. The standard InChI is InChI=1S/C26H47N3O4/c1-6-21(7-2)28-18-24(30)23(27)16-20(19(3)4)17-29-26(31)22-12-8-9-13-25(22)33-15-11-10-14-32-5/h8-9,12-13,19-21,23-24,28,30H,6-7,10-11,14-18,27H2,1-5H3,(H,29,31)/t20-,23+,24+/m1/s1. The number of carbonyl (C=O) groups excluding carboxylic acids is 1. The van der Waals surface area contributed by atoms with Gasteiger partial charge < -0.3 is 30.9 Å². The normalized spacial score (nSPS) is 14.3. The van der Waals surface area contributed by atoms with Crippen LogP contribution in [0.3, 0.4) is 0 Å². The summed E-state index contributed by atoms with van der Waals surface area (Å²) in [6.07, 6.45) is 3.86. The average molecular weight is 466 g/mol. The smallest absolute Gasteiger partial charge is 0.255 e. The molecule has 0 saturated carbocycles. The predicted molar refractivity (Wildman–Crippen MR) is 135 cm³/mol. The number of benzene rings is 1. The molecular weight excluding hydrogens is 418 g/mol. The number of rotatable bonds is 18. The Morgan fingerprint density at radius 3 is 2.39 bits per heavy atom. The second-order valence-electron chi connectivity index (χ2n) is 9.15. The number of hydrogen-bond acceptors (Lipinski definition) is 6. The lowest BCUT2D eigenvalue weighted by molar-refractivity contribution is 0.0926. The molecule has 1 aromatic carbocycles. The van der Waals surface area contributed by atoms with E-state index in [1.807, 2.05) is 18.2 Å². The van der Waals surface area contributed by atoms with Crippen LogP contribution in [0.15, 0.2) is 24.3 Å². The lowest BCUT2D eigenvalue weighted by Gasteiger charge is -2.28. The van der Waals surface area contributed by atoms with Gasteiger partial charge in [-0.2, -0.15) is 0 Å². The number of hydrogen-bond donors (Lipinski definition) is 4. The van der Waals surface area contributed by atoms with Gasteiger partial charge in [-0.3, -0.25) is 4.79 Å². The molecule has 0 aliphatic carbocycles. The SMILES string of the molecule is CCC(CC)NC[C@H](O)[C@@H](N)C[C@H](CNC(=O)c1ccccc1OCCCCOC)C(C)C. The summed E-state index contributed by atoms with van der Waals surface area (Å²) < 4.78 is 10.9. The molecule has 0 aliphatic rings. The Morgan fingerprint density at radius 1 is 1.09 bits per heavy atom. The number of para-hydroxylation sites is 1. The Labute approximate surface area is 200 Å². The van der Waals surface area contributed by atoms with Gasteiger partial charge >= 0.3 is 0 Å². The van der Waals surface area contributed by atoms with Crippen molar-refractivity contribution < 1.29 is 19.4 Å². The van der Waals surface area contributed by atoms with Gasteiger partial charge in [0.05, 0.1) is 18.3 Å². The third-order valence-electron chi connectivity index (χ3n) is 6.27. The minimum absolute atomic E-state index is 0.155. The Morgan fingerprint density at radius 2 is 1.76 bits per heavy atom. The largest absolute Gasteiger partial charge is 0.493 e. The molecule has 1 amide bonds. The van der Waals surface area contributed by atoms with Gasteiger partial charge in [0.2, 0.25) is 0 Å². The number of carbonyl (C=O) groups is 1. The molecule has 0 bridgehead atoms. The van der Waals surface area contributed by atoms with Gasteiger partial charge in [0.25, 0.3) is 5.91 Å². The molecule has 190 valence electrons. The van der Waals surface area contributed by atoms with Crippen molar-refractivity contribution >= 4 is 5.91 Å². The maximum absolute atomic E-state index is 12.9. The molecule has 0 aliphatic heterocycles. The van der Waals surface area contributed by atoms with E-state index in [1.165, 1.54) is 0 Å². The summed E-state index contributed by atoms with van der Waals surface area (Å²) in [6.45, 7) is 10.7. The van der Waals surface area contributed by atoms with Crippen LogP contribution in [0.5, 0.6) is 5.75 Å². The van der Waals surface area contributed by atoms with Crippen LogP contribution in [-0.2, 0) is 4.74 Å². The second kappa shape index (κ2) is 16.9. The van der Waals surface area contributed by atoms with Gasteiger partial charge in [-0.05, 0) is 56.1 Å². The van der Waals surface area contributed by atoms with E-state index in [4.69, 9.17) is 15.2 Å². The van der Waals surface area contributed by atoms with Crippen molar-refractivity contribution in [3.05, 3.63) is 29.8 Å². The molecule has 0 spiro atoms. The third-order valence-corrected chi connectivity index (χ3v) is 6.27. The molecule has 7 heteroatoms. The summed E-state index contributed by atoms with van der Waals surface area (Å²) >= 11 is 0. The number of ether oxygens (including phenoxy) is 2. The van der Waals surface area contributed by atoms with Crippen molar-refractivity contribution in [3.63, 3.8) is 0 Å². The topological polar surface area (TPSA) is 106 Å². The van der Waals surface area contributed by atoms with E-state index in [0.717, 1.165) is 25.7 Å². The Bertz CT molecular complexity index is 652. The maximum atomic E-state index is 12.9. The van der Waals surface area contributed by atoms with Crippen LogP contribution in [0.1, 0.15) is 70.2 Å². The highest BCUT2D eigenvalue weighted by Crippen LogP contribution is 2.20. The molecule has 5 N–H and O–H groups in total. The molecule has 33 heavy (non-hydrogen) atoms. The van der Waals surface area contributed by atoms with Crippen molar-refractivity contribution in [3.8, 4) is 5.75 Å². The zero-order chi connectivity index (χ0) is 24.6. The number of aliphatic hydroxyl groups is 1. The van der Waals surface area contributed by atoms with E-state index in [2.05, 4.69) is 38.3 Å². The fourth-order valence-electron chi connectivity index (χ4n) is 3.74. The molecule has 7 nitrogen and oxygen atoms in total. The minimum atomic E-state index is -0.616. The van der Waals surface area contributed by atoms with Crippen LogP contribution < -0.4 is 21.1 Å². The lowest BCUT2D eigenvalue weighted by atomic mass is 9.87. The van der Waals surface area contributed by atoms with E-state index in [1.54, 1.807) is 13.2 Å². The van der Waals surface area contributed by atoms with Crippen molar-refractivity contribution in [2.75, 3.05) is 33.4 Å². The maximum Gasteiger partial charge on any atom is 0.255 e. The van der Waals surface area contributed by atoms with Gasteiger partial charge in [0, 0.05) is 38.9 Å². The first-order chi connectivity index (χ1) is 15.8. The van der Waals surface area contributed by atoms with Crippen molar-refractivity contribution in [1.82, 2.24) is 10.6 Å². The lowest BCUT2D eigenvalue weighted by Crippen LogP contribution is -2.46. The quantitative estimate of drug-likeness (QED) is 0.248. The monoisotopic (exact) mass is 465 g/mol. The van der Waals surface area contributed by atoms with Crippen molar-refractivity contribution in [2.24, 2.45) is 17.6 Å². The first-order valence-corrected chi connectivity index (χ1v) is 12.5. The highest BCUT2D eigenvalue weighted by Gasteiger charge is 2.24. The zero-order valence-corrected chi connectivity index (χ0v) is 21.3. The Kier molecular flexibility index (Phi) is 15.0. The second-order valence-corrected chi connectivity index (χ2v) is 9.15. The van der Waals surface area contributed by atoms with E-state index >= 15 is 0 Å². The zero-order valence-electron chi connectivity index (χ0n) is 21.3. The summed E-state index contributed by atoms with van der Waals surface area (Å²) in [5, 5.41) is 17.0. The molecule has 0 radical (unpaired) electrons. The van der Waals surface area contributed by atoms with Crippen LogP contribution >= 0.6 is 0 Å². The Hall–Kier alpha value is -1.67. The molecule has 3 atom stereocenters. The minimum Gasteiger partial charge on any atom is -0.493 e. The van der Waals surface area contributed by atoms with Crippen LogP contribution in [-0.4, -0.2) is 62.6 Å². The molecule has 0 fully saturated rings. The number of nitrogens with one attached hydrogen (secondary N) is 2. The number of unbranched alkanes of at least 4 members (excludes halogenated alkanes) is 1. The summed E-state index contributed by atoms with van der Waals surface area (Å²) in [6, 6.07) is 7.36. The summed E-state index contributed by atoms with van der Waals surface area (Å²) in [5.74, 6) is 0.919. The van der Waals surface area contributed by atoms with Crippen LogP contribution in [0.2, 0.25) is 0 Å². The summed E-state index contributed by atoms with van der Waals surface area (Å²) in [5.41, 5.74) is 6.86. The number of amides is 1. The fourth-order valence-corrected chi connectivity index (χ4v) is 3.74. The first-order valence-electron chi connectivity index (χ1n) is 12.5. The summed E-state index contributed by atoms with van der Waals surface area (Å²) in [7, 11) is 1.68. The van der Waals surface area contributed by atoms with Gasteiger partial charge in [-0.1, -0.05) is 39.8 Å². The molecule has 0 unspecified atom stereocenters. The molecule has 1 rings (SSSR count). The highest BCUT2D eigenvalue weighted by atomic mass is 16.5. The number of aliphatic hydroxyl groups excluding tert-OH is 1. The van der Waals surface area contributed by atoms with E-state index in [-0.39, 0.29) is 17.9 Å². The third kappa shape index (κ3) is 11.3. The van der Waals surface area contributed by atoms with Crippen molar-refractivity contribution in [2.45, 2.75) is 78.0 Å². The highest BCUT2D eigenvalue weighted by molar-refractivity contribution is 5.96. The molecule has 1 aromatic rings. The number of methoxy groups -OCH3 is 1. The van der Waals surface area contributed by atoms with E-state index < -0.39 is 6.10 Å². The molecule has 0 heterocycles. The summed E-state index contributed by atoms with van der Waals surface area (Å²) in [4.78, 5) is 12.9.